The molecule has 0 bridgehead atoms. The number of carbonyl (C=O) groups excluding carboxylic acids is 3. The van der Waals surface area contributed by atoms with Crippen molar-refractivity contribution in [3.63, 3.8) is 0 Å². The third-order valence-electron chi connectivity index (χ3n) is 4.19. The molecule has 6 nitrogen and oxygen atoms in total. The molecule has 2 heterocycles. The Morgan fingerprint density at radius 1 is 1.08 bits per heavy atom. The summed E-state index contributed by atoms with van der Waals surface area (Å²) in [4.78, 5) is 41.7. The summed E-state index contributed by atoms with van der Waals surface area (Å²) >= 11 is 0. The highest BCUT2D eigenvalue weighted by Gasteiger charge is 2.24. The first kappa shape index (κ1) is 16.8. The minimum Gasteiger partial charge on any atom is -0.347 e. The van der Waals surface area contributed by atoms with E-state index >= 15 is 0 Å². The molecule has 0 radical (unpaired) electrons. The molecule has 0 spiro atoms. The van der Waals surface area contributed by atoms with Crippen LogP contribution in [0.15, 0.2) is 48.8 Å². The molecule has 0 aliphatic carbocycles. The summed E-state index contributed by atoms with van der Waals surface area (Å²) in [5.74, 6) is -0.585. The van der Waals surface area contributed by atoms with Gasteiger partial charge in [-0.05, 0) is 30.2 Å². The third-order valence-corrected chi connectivity index (χ3v) is 4.19. The summed E-state index contributed by atoms with van der Waals surface area (Å²) in [6.07, 6.45) is 4.05. The van der Waals surface area contributed by atoms with Crippen LogP contribution < -0.4 is 10.2 Å². The number of pyridine rings is 1. The SMILES string of the molecule is O=C(CCC(=O)c1cccnc1)NCC(=O)N1CCc2ccccc21. The average molecular weight is 337 g/mol. The van der Waals surface area contributed by atoms with Crippen LogP contribution in [0.3, 0.4) is 0 Å². The largest absolute Gasteiger partial charge is 0.347 e. The van der Waals surface area contributed by atoms with Crippen LogP contribution in [-0.4, -0.2) is 35.7 Å². The Labute approximate surface area is 145 Å². The highest BCUT2D eigenvalue weighted by molar-refractivity contribution is 6.00. The van der Waals surface area contributed by atoms with Crippen molar-refractivity contribution < 1.29 is 14.4 Å². The summed E-state index contributed by atoms with van der Waals surface area (Å²) in [7, 11) is 0. The van der Waals surface area contributed by atoms with Crippen LogP contribution in [-0.2, 0) is 16.0 Å². The lowest BCUT2D eigenvalue weighted by molar-refractivity contribution is -0.124. The van der Waals surface area contributed by atoms with Gasteiger partial charge in [-0.2, -0.15) is 0 Å². The molecule has 1 aliphatic rings. The standard InChI is InChI=1S/C19H19N3O3/c23-17(15-5-3-10-20-12-15)7-8-18(24)21-13-19(25)22-11-9-14-4-1-2-6-16(14)22/h1-6,10,12H,7-9,11,13H2,(H,21,24). The van der Waals surface area contributed by atoms with Gasteiger partial charge < -0.3 is 10.2 Å². The van der Waals surface area contributed by atoms with Crippen molar-refractivity contribution in [2.24, 2.45) is 0 Å². The molecular weight excluding hydrogens is 318 g/mol. The number of Topliss-reactive ketones (excluding diaryl/α,β-unsaturated/α-hetero) is 1. The van der Waals surface area contributed by atoms with Gasteiger partial charge in [0.15, 0.2) is 5.78 Å². The van der Waals surface area contributed by atoms with Crippen LogP contribution in [0.4, 0.5) is 5.69 Å². The van der Waals surface area contributed by atoms with Crippen molar-refractivity contribution >= 4 is 23.3 Å². The maximum absolute atomic E-state index is 12.3. The van der Waals surface area contributed by atoms with Gasteiger partial charge in [-0.1, -0.05) is 18.2 Å². The van der Waals surface area contributed by atoms with E-state index in [2.05, 4.69) is 10.3 Å². The zero-order valence-corrected chi connectivity index (χ0v) is 13.8. The maximum atomic E-state index is 12.3. The van der Waals surface area contributed by atoms with Crippen LogP contribution >= 0.6 is 0 Å². The van der Waals surface area contributed by atoms with Crippen LogP contribution in [0, 0.1) is 0 Å². The van der Waals surface area contributed by atoms with Gasteiger partial charge in [0.05, 0.1) is 6.54 Å². The molecule has 3 rings (SSSR count). The van der Waals surface area contributed by atoms with Crippen LogP contribution in [0.2, 0.25) is 0 Å². The number of para-hydroxylation sites is 1. The van der Waals surface area contributed by atoms with Gasteiger partial charge in [0.1, 0.15) is 0 Å². The molecule has 25 heavy (non-hydrogen) atoms. The summed E-state index contributed by atoms with van der Waals surface area (Å²) < 4.78 is 0. The number of anilines is 1. The van der Waals surface area contributed by atoms with Gasteiger partial charge in [0, 0.05) is 43.0 Å². The molecule has 0 saturated heterocycles. The van der Waals surface area contributed by atoms with E-state index in [1.807, 2.05) is 24.3 Å². The van der Waals surface area contributed by atoms with Crippen LogP contribution in [0.1, 0.15) is 28.8 Å². The first-order chi connectivity index (χ1) is 12.1. The van der Waals surface area contributed by atoms with E-state index in [4.69, 9.17) is 0 Å². The van der Waals surface area contributed by atoms with Gasteiger partial charge >= 0.3 is 0 Å². The molecule has 0 atom stereocenters. The number of aromatic nitrogens is 1. The van der Waals surface area contributed by atoms with Crippen LogP contribution in [0.5, 0.6) is 0 Å². The van der Waals surface area contributed by atoms with Gasteiger partial charge in [-0.25, -0.2) is 0 Å². The Hall–Kier alpha value is -3.02. The second-order valence-electron chi connectivity index (χ2n) is 5.87. The monoisotopic (exact) mass is 337 g/mol. The quantitative estimate of drug-likeness (QED) is 0.815. The minimum absolute atomic E-state index is 0.0532. The predicted octanol–water partition coefficient (Wildman–Crippen LogP) is 1.75. The van der Waals surface area contributed by atoms with Gasteiger partial charge in [0.2, 0.25) is 11.8 Å². The molecule has 1 N–H and O–H groups in total. The molecule has 2 amide bonds. The van der Waals surface area contributed by atoms with E-state index in [0.717, 1.165) is 17.7 Å². The van der Waals surface area contributed by atoms with Crippen LogP contribution in [0.25, 0.3) is 0 Å². The zero-order chi connectivity index (χ0) is 17.6. The third kappa shape index (κ3) is 4.09. The van der Waals surface area contributed by atoms with Crippen molar-refractivity contribution in [2.75, 3.05) is 18.0 Å². The van der Waals surface area contributed by atoms with Gasteiger partial charge in [-0.15, -0.1) is 0 Å². The summed E-state index contributed by atoms with van der Waals surface area (Å²) in [6.45, 7) is 0.571. The number of nitrogens with one attached hydrogen (secondary N) is 1. The fourth-order valence-corrected chi connectivity index (χ4v) is 2.85. The Morgan fingerprint density at radius 3 is 2.72 bits per heavy atom. The Morgan fingerprint density at radius 2 is 1.92 bits per heavy atom. The van der Waals surface area contributed by atoms with Crippen molar-refractivity contribution in [3.05, 3.63) is 59.9 Å². The minimum atomic E-state index is -0.307. The lowest BCUT2D eigenvalue weighted by atomic mass is 10.1. The first-order valence-corrected chi connectivity index (χ1v) is 8.23. The first-order valence-electron chi connectivity index (χ1n) is 8.23. The molecule has 0 fully saturated rings. The van der Waals surface area contributed by atoms with E-state index in [9.17, 15) is 14.4 Å². The highest BCUT2D eigenvalue weighted by Crippen LogP contribution is 2.27. The van der Waals surface area contributed by atoms with Gasteiger partial charge in [0.25, 0.3) is 0 Å². The number of ketones is 1. The number of fused-ring (bicyclic) bond motifs is 1. The number of hydrogen-bond acceptors (Lipinski definition) is 4. The highest BCUT2D eigenvalue weighted by atomic mass is 16.2. The van der Waals surface area contributed by atoms with Crippen molar-refractivity contribution in [1.82, 2.24) is 10.3 Å². The number of benzene rings is 1. The molecule has 6 heteroatoms. The van der Waals surface area contributed by atoms with E-state index in [0.29, 0.717) is 12.1 Å². The molecule has 1 aliphatic heterocycles. The molecule has 0 saturated carbocycles. The molecule has 2 aromatic rings. The van der Waals surface area contributed by atoms with Crippen molar-refractivity contribution in [1.29, 1.82) is 0 Å². The predicted molar refractivity (Wildman–Crippen MR) is 93.3 cm³/mol. The molecule has 1 aromatic carbocycles. The number of amides is 2. The Balaban J connectivity index is 1.45. The van der Waals surface area contributed by atoms with Crippen molar-refractivity contribution in [3.8, 4) is 0 Å². The second kappa shape index (κ2) is 7.70. The smallest absolute Gasteiger partial charge is 0.246 e. The topological polar surface area (TPSA) is 79.4 Å². The fourth-order valence-electron chi connectivity index (χ4n) is 2.85. The maximum Gasteiger partial charge on any atom is 0.246 e. The summed E-state index contributed by atoms with van der Waals surface area (Å²) in [5.41, 5.74) is 2.54. The fraction of sp³-hybridized carbons (Fsp3) is 0.263. The summed E-state index contributed by atoms with van der Waals surface area (Å²) in [6, 6.07) is 11.1. The number of nitrogens with zero attached hydrogens (tertiary/aromatic N) is 2. The summed E-state index contributed by atoms with van der Waals surface area (Å²) in [5, 5.41) is 2.60. The molecule has 0 unspecified atom stereocenters. The van der Waals surface area contributed by atoms with Crippen molar-refractivity contribution in [2.45, 2.75) is 19.3 Å². The second-order valence-corrected chi connectivity index (χ2v) is 5.87. The molecule has 128 valence electrons. The normalized spacial score (nSPS) is 12.6. The van der Waals surface area contributed by atoms with E-state index < -0.39 is 0 Å². The zero-order valence-electron chi connectivity index (χ0n) is 13.8. The molecule has 1 aromatic heterocycles. The lowest BCUT2D eigenvalue weighted by Gasteiger charge is -2.17. The number of hydrogen-bond donors (Lipinski definition) is 1. The number of carbonyl (C=O) groups is 3. The number of rotatable bonds is 6. The lowest BCUT2D eigenvalue weighted by Crippen LogP contribution is -2.39. The Kier molecular flexibility index (Phi) is 5.18. The molecular formula is C19H19N3O3. The van der Waals surface area contributed by atoms with E-state index in [-0.39, 0.29) is 37.0 Å². The average Bonchev–Trinajstić information content (AvgIpc) is 3.09. The van der Waals surface area contributed by atoms with E-state index in [1.54, 1.807) is 23.2 Å². The Bertz CT molecular complexity index is 790. The van der Waals surface area contributed by atoms with Gasteiger partial charge in [-0.3, -0.25) is 19.4 Å². The van der Waals surface area contributed by atoms with E-state index in [1.165, 1.54) is 6.20 Å².